The third-order valence-electron chi connectivity index (χ3n) is 4.47. The number of aliphatic imine (C=N–C) groups is 1. The number of aromatic nitrogens is 2. The highest BCUT2D eigenvalue weighted by atomic mass is 19.3. The van der Waals surface area contributed by atoms with Gasteiger partial charge in [0.15, 0.2) is 17.5 Å². The van der Waals surface area contributed by atoms with E-state index < -0.39 is 6.61 Å². The molecule has 8 nitrogen and oxygen atoms in total. The Labute approximate surface area is 174 Å². The highest BCUT2D eigenvalue weighted by Crippen LogP contribution is 2.39. The van der Waals surface area contributed by atoms with Gasteiger partial charge in [-0.05, 0) is 39.3 Å². The zero-order chi connectivity index (χ0) is 21.5. The van der Waals surface area contributed by atoms with Crippen molar-refractivity contribution in [1.29, 1.82) is 0 Å². The summed E-state index contributed by atoms with van der Waals surface area (Å²) in [5.41, 5.74) is 2.61. The Morgan fingerprint density at radius 3 is 2.67 bits per heavy atom. The van der Waals surface area contributed by atoms with Gasteiger partial charge >= 0.3 is 6.61 Å². The molecule has 30 heavy (non-hydrogen) atoms. The predicted octanol–water partition coefficient (Wildman–Crippen LogP) is 2.98. The minimum atomic E-state index is -2.94. The van der Waals surface area contributed by atoms with Crippen molar-refractivity contribution >= 4 is 5.96 Å². The van der Waals surface area contributed by atoms with Gasteiger partial charge in [-0.25, -0.2) is 4.99 Å². The van der Waals surface area contributed by atoms with Crippen LogP contribution in [0.5, 0.6) is 17.2 Å². The number of hydrogen-bond donors (Lipinski definition) is 2. The lowest BCUT2D eigenvalue weighted by Crippen LogP contribution is -2.38. The fourth-order valence-electron chi connectivity index (χ4n) is 3.14. The van der Waals surface area contributed by atoms with Gasteiger partial charge in [0.05, 0.1) is 12.2 Å². The van der Waals surface area contributed by atoms with Crippen LogP contribution in [0.3, 0.4) is 0 Å². The van der Waals surface area contributed by atoms with Crippen molar-refractivity contribution < 1.29 is 23.0 Å². The molecule has 164 valence electrons. The molecule has 0 unspecified atom stereocenters. The minimum absolute atomic E-state index is 0.0263. The molecule has 0 aliphatic carbocycles. The summed E-state index contributed by atoms with van der Waals surface area (Å²) in [5, 5.41) is 10.9. The van der Waals surface area contributed by atoms with E-state index in [-0.39, 0.29) is 19.1 Å². The number of fused-ring (bicyclic) bond motifs is 1. The minimum Gasteiger partial charge on any atom is -0.454 e. The molecule has 0 atom stereocenters. The Kier molecular flexibility index (Phi) is 7.31. The fraction of sp³-hybridized carbons (Fsp3) is 0.500. The quantitative estimate of drug-likeness (QED) is 0.367. The highest BCUT2D eigenvalue weighted by Gasteiger charge is 2.20. The van der Waals surface area contributed by atoms with Crippen LogP contribution in [0.1, 0.15) is 30.3 Å². The number of nitrogens with zero attached hydrogens (tertiary/aromatic N) is 3. The molecule has 0 spiro atoms. The van der Waals surface area contributed by atoms with Crippen molar-refractivity contribution in [2.24, 2.45) is 4.99 Å². The Morgan fingerprint density at radius 1 is 1.23 bits per heavy atom. The molecule has 1 aromatic heterocycles. The zero-order valence-electron chi connectivity index (χ0n) is 17.4. The van der Waals surface area contributed by atoms with Crippen molar-refractivity contribution in [3.8, 4) is 17.2 Å². The van der Waals surface area contributed by atoms with E-state index in [0.717, 1.165) is 24.4 Å². The van der Waals surface area contributed by atoms with E-state index in [1.807, 2.05) is 31.5 Å². The van der Waals surface area contributed by atoms with Crippen LogP contribution in [0, 0.1) is 13.8 Å². The van der Waals surface area contributed by atoms with E-state index in [1.54, 1.807) is 6.07 Å². The normalized spacial score (nSPS) is 13.1. The van der Waals surface area contributed by atoms with Gasteiger partial charge in [0.2, 0.25) is 6.79 Å². The van der Waals surface area contributed by atoms with Crippen LogP contribution < -0.4 is 24.8 Å². The highest BCUT2D eigenvalue weighted by molar-refractivity contribution is 5.79. The van der Waals surface area contributed by atoms with Gasteiger partial charge in [-0.2, -0.15) is 13.9 Å². The van der Waals surface area contributed by atoms with Crippen LogP contribution in [0.2, 0.25) is 0 Å². The third-order valence-corrected chi connectivity index (χ3v) is 4.47. The number of aryl methyl sites for hydroxylation is 3. The molecule has 3 rings (SSSR count). The SMILES string of the molecule is CCNC(=NCc1cc2c(cc1OC(F)F)OCO2)NCCCn1nc(C)cc1C. The van der Waals surface area contributed by atoms with E-state index in [1.165, 1.54) is 6.07 Å². The topological polar surface area (TPSA) is 81.9 Å². The number of rotatable bonds is 9. The van der Waals surface area contributed by atoms with Crippen LogP contribution in [-0.4, -0.2) is 42.2 Å². The number of hydrogen-bond acceptors (Lipinski definition) is 5. The van der Waals surface area contributed by atoms with Crippen LogP contribution >= 0.6 is 0 Å². The molecule has 10 heteroatoms. The fourth-order valence-corrected chi connectivity index (χ4v) is 3.14. The van der Waals surface area contributed by atoms with Gasteiger partial charge in [-0.3, -0.25) is 4.68 Å². The summed E-state index contributed by atoms with van der Waals surface area (Å²) in [5.74, 6) is 1.49. The molecule has 0 saturated heterocycles. The number of ether oxygens (including phenoxy) is 3. The second kappa shape index (κ2) is 10.1. The number of nitrogens with one attached hydrogen (secondary N) is 2. The summed E-state index contributed by atoms with van der Waals surface area (Å²) < 4.78 is 42.7. The van der Waals surface area contributed by atoms with Crippen LogP contribution in [0.15, 0.2) is 23.2 Å². The summed E-state index contributed by atoms with van der Waals surface area (Å²) in [6, 6.07) is 5.08. The summed E-state index contributed by atoms with van der Waals surface area (Å²) in [7, 11) is 0. The van der Waals surface area contributed by atoms with Crippen molar-refractivity contribution in [3.05, 3.63) is 35.2 Å². The molecule has 0 amide bonds. The first-order valence-electron chi connectivity index (χ1n) is 9.86. The first kappa shape index (κ1) is 21.7. The molecule has 2 aromatic rings. The first-order valence-corrected chi connectivity index (χ1v) is 9.86. The Bertz CT molecular complexity index is 886. The molecule has 2 heterocycles. The van der Waals surface area contributed by atoms with Crippen molar-refractivity contribution in [2.45, 2.75) is 46.9 Å². The standard InChI is InChI=1S/C20H27F2N5O3/c1-4-23-20(24-6-5-7-27-14(3)8-13(2)26-27)25-11-15-9-17-18(29-12-28-17)10-16(15)30-19(21)22/h8-10,19H,4-7,11-12H2,1-3H3,(H2,23,24,25). The molecule has 1 aliphatic rings. The molecular formula is C20H27F2N5O3. The monoisotopic (exact) mass is 423 g/mol. The average Bonchev–Trinajstić information content (AvgIpc) is 3.27. The first-order chi connectivity index (χ1) is 14.5. The van der Waals surface area contributed by atoms with Gasteiger partial charge in [0.1, 0.15) is 5.75 Å². The maximum absolute atomic E-state index is 12.8. The molecule has 0 saturated carbocycles. The third kappa shape index (κ3) is 5.74. The molecule has 1 aromatic carbocycles. The maximum Gasteiger partial charge on any atom is 0.387 e. The van der Waals surface area contributed by atoms with Crippen molar-refractivity contribution in [1.82, 2.24) is 20.4 Å². The van der Waals surface area contributed by atoms with Gasteiger partial charge in [-0.1, -0.05) is 0 Å². The summed E-state index contributed by atoms with van der Waals surface area (Å²) >= 11 is 0. The second-order valence-corrected chi connectivity index (χ2v) is 6.82. The largest absolute Gasteiger partial charge is 0.454 e. The van der Waals surface area contributed by atoms with Crippen LogP contribution in [-0.2, 0) is 13.1 Å². The Balaban J connectivity index is 1.61. The zero-order valence-corrected chi connectivity index (χ0v) is 17.4. The predicted molar refractivity (Wildman–Crippen MR) is 108 cm³/mol. The number of benzene rings is 1. The van der Waals surface area contributed by atoms with E-state index in [0.29, 0.717) is 36.1 Å². The van der Waals surface area contributed by atoms with E-state index in [9.17, 15) is 8.78 Å². The average molecular weight is 423 g/mol. The lowest BCUT2D eigenvalue weighted by atomic mass is 10.1. The molecule has 0 radical (unpaired) electrons. The summed E-state index contributed by atoms with van der Waals surface area (Å²) in [6.45, 7) is 5.37. The summed E-state index contributed by atoms with van der Waals surface area (Å²) in [4.78, 5) is 4.49. The number of guanidine groups is 1. The van der Waals surface area contributed by atoms with Crippen molar-refractivity contribution in [2.75, 3.05) is 19.9 Å². The molecule has 0 bridgehead atoms. The Morgan fingerprint density at radius 2 is 2.00 bits per heavy atom. The lowest BCUT2D eigenvalue weighted by molar-refractivity contribution is -0.0505. The van der Waals surface area contributed by atoms with E-state index in [4.69, 9.17) is 9.47 Å². The maximum atomic E-state index is 12.8. The summed E-state index contributed by atoms with van der Waals surface area (Å²) in [6.07, 6.45) is 0.857. The molecule has 0 fully saturated rings. The Hall–Kier alpha value is -3.04. The molecular weight excluding hydrogens is 396 g/mol. The molecule has 2 N–H and O–H groups in total. The van der Waals surface area contributed by atoms with Crippen molar-refractivity contribution in [3.63, 3.8) is 0 Å². The lowest BCUT2D eigenvalue weighted by Gasteiger charge is -2.13. The van der Waals surface area contributed by atoms with Gasteiger partial charge in [0, 0.05) is 37.0 Å². The molecule has 1 aliphatic heterocycles. The van der Waals surface area contributed by atoms with Gasteiger partial charge < -0.3 is 24.8 Å². The van der Waals surface area contributed by atoms with Gasteiger partial charge in [0.25, 0.3) is 0 Å². The second-order valence-electron chi connectivity index (χ2n) is 6.82. The number of halogens is 2. The number of alkyl halides is 2. The van der Waals surface area contributed by atoms with E-state index >= 15 is 0 Å². The van der Waals surface area contributed by atoms with Crippen LogP contribution in [0.25, 0.3) is 0 Å². The van der Waals surface area contributed by atoms with Gasteiger partial charge in [-0.15, -0.1) is 0 Å². The van der Waals surface area contributed by atoms with Crippen LogP contribution in [0.4, 0.5) is 8.78 Å². The smallest absolute Gasteiger partial charge is 0.387 e. The van der Waals surface area contributed by atoms with E-state index in [2.05, 4.69) is 25.5 Å².